The van der Waals surface area contributed by atoms with E-state index in [1.165, 1.54) is 7.11 Å². The van der Waals surface area contributed by atoms with Crippen molar-refractivity contribution in [2.45, 2.75) is 13.8 Å². The topological polar surface area (TPSA) is 66.4 Å². The van der Waals surface area contributed by atoms with Gasteiger partial charge in [0.1, 0.15) is 4.48 Å². The second kappa shape index (κ2) is 4.44. The monoisotopic (exact) mass is 287 g/mol. The lowest BCUT2D eigenvalue weighted by Crippen LogP contribution is -2.26. The minimum absolute atomic E-state index is 0.148. The number of carbonyl (C=O) groups is 2. The van der Waals surface area contributed by atoms with Gasteiger partial charge in [0, 0.05) is 11.9 Å². The van der Waals surface area contributed by atoms with E-state index in [4.69, 9.17) is 0 Å². The molecule has 2 atom stereocenters. The van der Waals surface area contributed by atoms with Gasteiger partial charge in [-0.05, 0) is 33.3 Å². The third kappa shape index (κ3) is 2.36. The Bertz CT molecular complexity index is 391. The van der Waals surface area contributed by atoms with Crippen LogP contribution in [0.2, 0.25) is 0 Å². The summed E-state index contributed by atoms with van der Waals surface area (Å²) < 4.78 is 4.60. The number of esters is 1. The molecule has 0 amide bonds. The lowest BCUT2D eigenvalue weighted by molar-refractivity contribution is -0.309. The van der Waals surface area contributed by atoms with Crippen LogP contribution >= 0.6 is 15.9 Å². The highest BCUT2D eigenvalue weighted by molar-refractivity contribution is 9.12. The van der Waals surface area contributed by atoms with Crippen molar-refractivity contribution < 1.29 is 19.4 Å². The van der Waals surface area contributed by atoms with Crippen LogP contribution in [0, 0.1) is 17.3 Å². The van der Waals surface area contributed by atoms with Crippen LogP contribution in [0.15, 0.2) is 16.3 Å². The van der Waals surface area contributed by atoms with Crippen LogP contribution in [-0.2, 0) is 14.3 Å². The van der Waals surface area contributed by atoms with Crippen molar-refractivity contribution in [3.63, 3.8) is 0 Å². The lowest BCUT2D eigenvalue weighted by Gasteiger charge is -2.01. The van der Waals surface area contributed by atoms with Crippen LogP contribution in [0.3, 0.4) is 0 Å². The maximum atomic E-state index is 11.0. The molecule has 0 bridgehead atoms. The first kappa shape index (κ1) is 13.0. The maximum absolute atomic E-state index is 11.0. The number of methoxy groups -OCH3 is 1. The van der Waals surface area contributed by atoms with E-state index in [0.717, 1.165) is 0 Å². The second-order valence-electron chi connectivity index (χ2n) is 4.26. The fraction of sp³-hybridized carbons (Fsp3) is 0.545. The average molecular weight is 288 g/mol. The van der Waals surface area contributed by atoms with Crippen molar-refractivity contribution in [3.8, 4) is 0 Å². The molecule has 0 saturated heterocycles. The fourth-order valence-electron chi connectivity index (χ4n) is 1.75. The third-order valence-electron chi connectivity index (χ3n) is 2.92. The summed E-state index contributed by atoms with van der Waals surface area (Å²) in [5, 5.41) is 10.8. The van der Waals surface area contributed by atoms with Gasteiger partial charge in [-0.3, -0.25) is 0 Å². The molecule has 1 fully saturated rings. The molecule has 1 saturated carbocycles. The zero-order valence-corrected chi connectivity index (χ0v) is 10.8. The van der Waals surface area contributed by atoms with Crippen LogP contribution in [0.4, 0.5) is 0 Å². The highest BCUT2D eigenvalue weighted by Crippen LogP contribution is 2.58. The molecule has 16 heavy (non-hydrogen) atoms. The Kier molecular flexibility index (Phi) is 3.61. The predicted octanol–water partition coefficient (Wildman–Crippen LogP) is 0.615. The van der Waals surface area contributed by atoms with E-state index in [-0.39, 0.29) is 15.8 Å². The van der Waals surface area contributed by atoms with Crippen LogP contribution in [0.5, 0.6) is 0 Å². The minimum Gasteiger partial charge on any atom is -0.550 e. The van der Waals surface area contributed by atoms with E-state index in [1.807, 2.05) is 13.8 Å². The Morgan fingerprint density at radius 2 is 2.06 bits per heavy atom. The van der Waals surface area contributed by atoms with Gasteiger partial charge in [0.2, 0.25) is 0 Å². The fourth-order valence-corrected chi connectivity index (χ4v) is 2.04. The molecule has 0 N–H and O–H groups in total. The van der Waals surface area contributed by atoms with Crippen molar-refractivity contribution in [1.29, 1.82) is 0 Å². The Hall–Kier alpha value is -1.06. The first-order chi connectivity index (χ1) is 7.32. The molecule has 1 aliphatic rings. The molecule has 1 aliphatic carbocycles. The molecular formula is C11H12BrO4-. The quantitative estimate of drug-likeness (QED) is 0.433. The molecule has 0 aromatic carbocycles. The van der Waals surface area contributed by atoms with Gasteiger partial charge < -0.3 is 14.6 Å². The van der Waals surface area contributed by atoms with Crippen molar-refractivity contribution in [2.24, 2.45) is 17.3 Å². The molecular weight excluding hydrogens is 276 g/mol. The molecule has 2 unspecified atom stereocenters. The van der Waals surface area contributed by atoms with E-state index >= 15 is 0 Å². The highest BCUT2D eigenvalue weighted by Gasteiger charge is 2.57. The lowest BCUT2D eigenvalue weighted by atomic mass is 10.1. The Morgan fingerprint density at radius 1 is 1.50 bits per heavy atom. The van der Waals surface area contributed by atoms with E-state index in [1.54, 1.807) is 6.08 Å². The van der Waals surface area contributed by atoms with Crippen LogP contribution in [-0.4, -0.2) is 19.0 Å². The summed E-state index contributed by atoms with van der Waals surface area (Å²) in [4.78, 5) is 21.8. The first-order valence-electron chi connectivity index (χ1n) is 4.74. The zero-order chi connectivity index (χ0) is 12.5. The number of hydrogen-bond acceptors (Lipinski definition) is 4. The standard InChI is InChI=1S/C11H13BrO4/c1-11(2)6(8(11)9(13)14)4-5-7(12)10(15)16-3/h4,6,8H,1-3H3,(H,13,14)/p-1. The van der Waals surface area contributed by atoms with Gasteiger partial charge in [-0.2, -0.15) is 0 Å². The number of carbonyl (C=O) groups excluding carboxylic acids is 2. The molecule has 0 aromatic rings. The van der Waals surface area contributed by atoms with Gasteiger partial charge in [-0.15, -0.1) is 5.73 Å². The summed E-state index contributed by atoms with van der Waals surface area (Å²) in [6.45, 7) is 3.67. The number of ether oxygens (including phenoxy) is 1. The van der Waals surface area contributed by atoms with E-state index in [9.17, 15) is 14.7 Å². The molecule has 0 heterocycles. The third-order valence-corrected chi connectivity index (χ3v) is 3.47. The number of hydrogen-bond donors (Lipinski definition) is 0. The van der Waals surface area contributed by atoms with Crippen LogP contribution in [0.1, 0.15) is 13.8 Å². The molecule has 4 nitrogen and oxygen atoms in total. The van der Waals surface area contributed by atoms with Gasteiger partial charge in [-0.25, -0.2) is 4.79 Å². The smallest absolute Gasteiger partial charge is 0.352 e. The molecule has 1 rings (SSSR count). The van der Waals surface area contributed by atoms with Gasteiger partial charge in [0.05, 0.1) is 7.11 Å². The van der Waals surface area contributed by atoms with Crippen molar-refractivity contribution >= 4 is 27.9 Å². The van der Waals surface area contributed by atoms with Gasteiger partial charge in [0.25, 0.3) is 0 Å². The largest absolute Gasteiger partial charge is 0.550 e. The second-order valence-corrected chi connectivity index (χ2v) is 5.05. The van der Waals surface area contributed by atoms with Crippen LogP contribution < -0.4 is 5.11 Å². The number of aliphatic carboxylic acids is 1. The Labute approximate surface area is 102 Å². The summed E-state index contributed by atoms with van der Waals surface area (Å²) >= 11 is 2.99. The number of carboxylic acids is 1. The Balaban J connectivity index is 2.81. The summed E-state index contributed by atoms with van der Waals surface area (Å²) in [5.41, 5.74) is 2.34. The SMILES string of the molecule is COC(=O)C(Br)=C=CC1C(C(=O)[O-])C1(C)C. The van der Waals surface area contributed by atoms with Crippen LogP contribution in [0.25, 0.3) is 0 Å². The van der Waals surface area contributed by atoms with E-state index in [0.29, 0.717) is 0 Å². The maximum Gasteiger partial charge on any atom is 0.352 e. The van der Waals surface area contributed by atoms with E-state index in [2.05, 4.69) is 26.4 Å². The number of rotatable bonds is 3. The van der Waals surface area contributed by atoms with Gasteiger partial charge >= 0.3 is 5.97 Å². The zero-order valence-electron chi connectivity index (χ0n) is 9.24. The summed E-state index contributed by atoms with van der Waals surface area (Å²) in [7, 11) is 1.26. The predicted molar refractivity (Wildman–Crippen MR) is 58.3 cm³/mol. The number of halogens is 1. The Morgan fingerprint density at radius 3 is 2.44 bits per heavy atom. The number of carboxylic acid groups (broad SMARTS) is 1. The molecule has 0 aliphatic heterocycles. The van der Waals surface area contributed by atoms with Gasteiger partial charge in [-0.1, -0.05) is 13.8 Å². The normalized spacial score (nSPS) is 25.2. The van der Waals surface area contributed by atoms with E-state index < -0.39 is 17.9 Å². The van der Waals surface area contributed by atoms with Gasteiger partial charge in [0.15, 0.2) is 0 Å². The molecule has 0 aromatic heterocycles. The molecule has 0 spiro atoms. The summed E-state index contributed by atoms with van der Waals surface area (Å²) in [5.74, 6) is -2.28. The summed E-state index contributed by atoms with van der Waals surface area (Å²) in [6.07, 6.45) is 1.57. The summed E-state index contributed by atoms with van der Waals surface area (Å²) in [6, 6.07) is 0. The van der Waals surface area contributed by atoms with Crippen molar-refractivity contribution in [2.75, 3.05) is 7.11 Å². The molecule has 0 radical (unpaired) electrons. The van der Waals surface area contributed by atoms with Crippen molar-refractivity contribution in [3.05, 3.63) is 16.3 Å². The highest BCUT2D eigenvalue weighted by atomic mass is 79.9. The minimum atomic E-state index is -1.07. The molecule has 5 heteroatoms. The van der Waals surface area contributed by atoms with Crippen molar-refractivity contribution in [1.82, 2.24) is 0 Å². The first-order valence-corrected chi connectivity index (χ1v) is 5.53. The molecule has 88 valence electrons. The average Bonchev–Trinajstić information content (AvgIpc) is 2.75.